The van der Waals surface area contributed by atoms with Gasteiger partial charge in [-0.2, -0.15) is 15.4 Å². The van der Waals surface area contributed by atoms with Crippen molar-refractivity contribution in [3.8, 4) is 40.0 Å². The van der Waals surface area contributed by atoms with E-state index in [-0.39, 0.29) is 5.82 Å². The number of furan rings is 1. The molecule has 0 bridgehead atoms. The third-order valence-electron chi connectivity index (χ3n) is 4.52. The van der Waals surface area contributed by atoms with Gasteiger partial charge >= 0.3 is 0 Å². The summed E-state index contributed by atoms with van der Waals surface area (Å²) in [6.07, 6.45) is 0. The minimum Gasteiger partial charge on any atom is -0.493 e. The fourth-order valence-electron chi connectivity index (χ4n) is 3.10. The lowest BCUT2D eigenvalue weighted by atomic mass is 10.1. The first-order chi connectivity index (χ1) is 13.5. The van der Waals surface area contributed by atoms with Crippen molar-refractivity contribution in [2.24, 2.45) is 0 Å². The van der Waals surface area contributed by atoms with Crippen LogP contribution in [-0.2, 0) is 0 Å². The molecule has 144 valence electrons. The zero-order valence-corrected chi connectivity index (χ0v) is 15.8. The molecule has 28 heavy (non-hydrogen) atoms. The molecule has 0 amide bonds. The highest BCUT2D eigenvalue weighted by Crippen LogP contribution is 2.42. The Labute approximate surface area is 160 Å². The molecule has 0 aliphatic carbocycles. The average molecular weight is 383 g/mol. The van der Waals surface area contributed by atoms with Crippen molar-refractivity contribution in [1.29, 1.82) is 0 Å². The molecule has 0 saturated heterocycles. The van der Waals surface area contributed by atoms with Crippen molar-refractivity contribution in [2.45, 2.75) is 6.92 Å². The molecule has 0 aliphatic heterocycles. The van der Waals surface area contributed by atoms with Crippen LogP contribution < -0.4 is 14.2 Å². The van der Waals surface area contributed by atoms with Gasteiger partial charge in [-0.3, -0.25) is 0 Å². The number of aromatic amines is 1. The Kier molecular flexibility index (Phi) is 4.38. The van der Waals surface area contributed by atoms with Crippen molar-refractivity contribution in [2.75, 3.05) is 21.3 Å². The summed E-state index contributed by atoms with van der Waals surface area (Å²) in [5, 5.41) is 11.7. The molecule has 0 fully saturated rings. The van der Waals surface area contributed by atoms with E-state index < -0.39 is 0 Å². The Hall–Kier alpha value is -3.55. The summed E-state index contributed by atoms with van der Waals surface area (Å²) in [4.78, 5) is 0. The van der Waals surface area contributed by atoms with E-state index in [0.717, 1.165) is 0 Å². The van der Waals surface area contributed by atoms with Crippen LogP contribution in [0.5, 0.6) is 17.2 Å². The minimum absolute atomic E-state index is 0.287. The van der Waals surface area contributed by atoms with Gasteiger partial charge in [-0.05, 0) is 42.8 Å². The summed E-state index contributed by atoms with van der Waals surface area (Å²) in [6.45, 7) is 1.69. The van der Waals surface area contributed by atoms with Gasteiger partial charge in [0, 0.05) is 10.9 Å². The normalized spacial score (nSPS) is 11.0. The lowest BCUT2D eigenvalue weighted by molar-refractivity contribution is 0.324. The van der Waals surface area contributed by atoms with Crippen LogP contribution in [-0.4, -0.2) is 36.7 Å². The lowest BCUT2D eigenvalue weighted by Crippen LogP contribution is -1.96. The Morgan fingerprint density at radius 2 is 1.57 bits per heavy atom. The molecule has 1 N–H and O–H groups in total. The quantitative estimate of drug-likeness (QED) is 0.551. The Bertz CT molecular complexity index is 1100. The van der Waals surface area contributed by atoms with Gasteiger partial charge in [-0.1, -0.05) is 0 Å². The van der Waals surface area contributed by atoms with Crippen molar-refractivity contribution >= 4 is 11.0 Å². The van der Waals surface area contributed by atoms with E-state index in [0.29, 0.717) is 56.5 Å². The molecule has 2 heterocycles. The number of aryl methyl sites for hydroxylation is 1. The van der Waals surface area contributed by atoms with Gasteiger partial charge in [-0.25, -0.2) is 4.39 Å². The zero-order chi connectivity index (χ0) is 19.8. The molecule has 0 spiro atoms. The van der Waals surface area contributed by atoms with Crippen LogP contribution in [0, 0.1) is 12.7 Å². The molecule has 0 saturated carbocycles. The van der Waals surface area contributed by atoms with E-state index >= 15 is 0 Å². The number of fused-ring (bicyclic) bond motifs is 1. The number of aromatic nitrogens is 3. The molecule has 0 atom stereocenters. The van der Waals surface area contributed by atoms with E-state index in [9.17, 15) is 4.39 Å². The number of H-pyrrole nitrogens is 1. The predicted octanol–water partition coefficient (Wildman–Crippen LogP) is 4.36. The average Bonchev–Trinajstić information content (AvgIpc) is 3.33. The van der Waals surface area contributed by atoms with E-state index in [2.05, 4.69) is 15.4 Å². The van der Waals surface area contributed by atoms with Gasteiger partial charge < -0.3 is 18.6 Å². The highest BCUT2D eigenvalue weighted by Gasteiger charge is 2.21. The maximum absolute atomic E-state index is 13.9. The van der Waals surface area contributed by atoms with Gasteiger partial charge in [0.15, 0.2) is 23.0 Å². The first-order valence-corrected chi connectivity index (χ1v) is 8.47. The monoisotopic (exact) mass is 383 g/mol. The summed E-state index contributed by atoms with van der Waals surface area (Å²) in [5.74, 6) is 1.65. The number of nitrogens with zero attached hydrogens (tertiary/aromatic N) is 2. The molecule has 7 nitrogen and oxygen atoms in total. The second-order valence-electron chi connectivity index (χ2n) is 6.18. The van der Waals surface area contributed by atoms with Crippen molar-refractivity contribution in [3.63, 3.8) is 0 Å². The summed E-state index contributed by atoms with van der Waals surface area (Å²) in [7, 11) is 4.62. The van der Waals surface area contributed by atoms with Gasteiger partial charge in [-0.15, -0.1) is 0 Å². The number of benzene rings is 2. The molecule has 4 aromatic rings. The predicted molar refractivity (Wildman–Crippen MR) is 101 cm³/mol. The number of hydrogen-bond donors (Lipinski definition) is 1. The van der Waals surface area contributed by atoms with Crippen molar-refractivity contribution in [3.05, 3.63) is 41.7 Å². The second kappa shape index (κ2) is 6.88. The van der Waals surface area contributed by atoms with Crippen LogP contribution in [0.15, 0.2) is 34.7 Å². The van der Waals surface area contributed by atoms with Gasteiger partial charge in [0.25, 0.3) is 0 Å². The largest absolute Gasteiger partial charge is 0.493 e. The highest BCUT2D eigenvalue weighted by atomic mass is 19.1. The summed E-state index contributed by atoms with van der Waals surface area (Å²) in [5.41, 5.74) is 2.81. The third-order valence-corrected chi connectivity index (χ3v) is 4.52. The van der Waals surface area contributed by atoms with E-state index in [1.165, 1.54) is 13.2 Å². The lowest BCUT2D eigenvalue weighted by Gasteiger charge is -2.13. The summed E-state index contributed by atoms with van der Waals surface area (Å²) < 4.78 is 35.9. The number of halogens is 1. The zero-order valence-electron chi connectivity index (χ0n) is 15.8. The number of rotatable bonds is 5. The molecule has 2 aromatic carbocycles. The van der Waals surface area contributed by atoms with Crippen LogP contribution in [0.4, 0.5) is 4.39 Å². The first-order valence-electron chi connectivity index (χ1n) is 8.47. The molecule has 0 radical (unpaired) electrons. The van der Waals surface area contributed by atoms with Crippen LogP contribution in [0.3, 0.4) is 0 Å². The SMILES string of the molecule is COc1cc(-c2n[nH]nc2-c2cc3cc(F)c(C)cc3o2)cc(OC)c1OC. The molecule has 0 aliphatic rings. The highest BCUT2D eigenvalue weighted by molar-refractivity contribution is 5.86. The standard InChI is InChI=1S/C20H18FN3O4/c1-10-5-14-11(6-13(10)21)7-15(28-14)19-18(22-24-23-19)12-8-16(25-2)20(27-4)17(9-12)26-3/h5-9H,1-4H3,(H,22,23,24). The number of methoxy groups -OCH3 is 3. The van der Waals surface area contributed by atoms with Gasteiger partial charge in [0.1, 0.15) is 17.1 Å². The van der Waals surface area contributed by atoms with Crippen LogP contribution in [0.1, 0.15) is 5.56 Å². The molecular formula is C20H18FN3O4. The third kappa shape index (κ3) is 2.83. The van der Waals surface area contributed by atoms with Crippen LogP contribution >= 0.6 is 0 Å². The molecular weight excluding hydrogens is 365 g/mol. The Balaban J connectivity index is 1.86. The fraction of sp³-hybridized carbons (Fsp3) is 0.200. The van der Waals surface area contributed by atoms with Gasteiger partial charge in [0.2, 0.25) is 5.75 Å². The number of hydrogen-bond acceptors (Lipinski definition) is 6. The minimum atomic E-state index is -0.287. The smallest absolute Gasteiger partial charge is 0.203 e. The second-order valence-corrected chi connectivity index (χ2v) is 6.18. The first kappa shape index (κ1) is 17.8. The van der Waals surface area contributed by atoms with Crippen LogP contribution in [0.25, 0.3) is 33.7 Å². The summed E-state index contributed by atoms with van der Waals surface area (Å²) in [6, 6.07) is 8.38. The maximum Gasteiger partial charge on any atom is 0.203 e. The Morgan fingerprint density at radius 3 is 2.21 bits per heavy atom. The van der Waals surface area contributed by atoms with E-state index in [4.69, 9.17) is 18.6 Å². The number of nitrogens with one attached hydrogen (secondary N) is 1. The van der Waals surface area contributed by atoms with Gasteiger partial charge in [0.05, 0.1) is 21.3 Å². The number of ether oxygens (including phenoxy) is 3. The van der Waals surface area contributed by atoms with Crippen LogP contribution in [0.2, 0.25) is 0 Å². The van der Waals surface area contributed by atoms with Crippen molar-refractivity contribution < 1.29 is 23.0 Å². The molecule has 8 heteroatoms. The topological polar surface area (TPSA) is 82.4 Å². The maximum atomic E-state index is 13.9. The summed E-state index contributed by atoms with van der Waals surface area (Å²) >= 11 is 0. The molecule has 0 unspecified atom stereocenters. The Morgan fingerprint density at radius 1 is 0.893 bits per heavy atom. The molecule has 2 aromatic heterocycles. The van der Waals surface area contributed by atoms with Crippen molar-refractivity contribution in [1.82, 2.24) is 15.4 Å². The van der Waals surface area contributed by atoms with E-state index in [1.807, 2.05) is 0 Å². The molecule has 4 rings (SSSR count). The van der Waals surface area contributed by atoms with E-state index in [1.54, 1.807) is 45.4 Å². The fourth-order valence-corrected chi connectivity index (χ4v) is 3.10.